The number of hydrogen-bond acceptors (Lipinski definition) is 6. The number of sulfonamides is 1. The van der Waals surface area contributed by atoms with E-state index >= 15 is 0 Å². The number of hydrogen-bond donors (Lipinski definition) is 1. The molecule has 0 atom stereocenters. The highest BCUT2D eigenvalue weighted by Gasteiger charge is 2.30. The Morgan fingerprint density at radius 3 is 2.84 bits per heavy atom. The Kier molecular flexibility index (Phi) is 4.01. The molecule has 1 saturated carbocycles. The first-order valence-corrected chi connectivity index (χ1v) is 10.1. The maximum atomic E-state index is 13.8. The molecule has 6 nitrogen and oxygen atoms in total. The van der Waals surface area contributed by atoms with E-state index in [0.717, 1.165) is 30.2 Å². The molecule has 1 aromatic carbocycles. The molecular formula is C15H11ClFN3O3S2. The van der Waals surface area contributed by atoms with Crippen LogP contribution in [0.4, 0.5) is 10.1 Å². The highest BCUT2D eigenvalue weighted by Crippen LogP contribution is 2.40. The van der Waals surface area contributed by atoms with Crippen molar-refractivity contribution < 1.29 is 17.3 Å². The Morgan fingerprint density at radius 1 is 1.32 bits per heavy atom. The van der Waals surface area contributed by atoms with Gasteiger partial charge < -0.3 is 4.52 Å². The standard InChI is InChI=1S/C15H11ClFN3O3S2/c16-10-3-4-12(11(17)6-10)20-25(21,22)13-5-9(7-24-13)14-18-15(23-19-14)8-1-2-8/h3-8,20H,1-2H2. The maximum absolute atomic E-state index is 13.8. The summed E-state index contributed by atoms with van der Waals surface area (Å²) in [4.78, 5) is 4.28. The first-order chi connectivity index (χ1) is 11.9. The van der Waals surface area contributed by atoms with Crippen molar-refractivity contribution in [3.05, 3.63) is 46.4 Å². The van der Waals surface area contributed by atoms with Crippen LogP contribution in [0, 0.1) is 5.82 Å². The monoisotopic (exact) mass is 399 g/mol. The Morgan fingerprint density at radius 2 is 2.12 bits per heavy atom. The molecule has 2 heterocycles. The summed E-state index contributed by atoms with van der Waals surface area (Å²) in [7, 11) is -3.93. The number of halogens is 2. The van der Waals surface area contributed by atoms with Crippen molar-refractivity contribution in [2.45, 2.75) is 23.0 Å². The third kappa shape index (κ3) is 3.39. The summed E-state index contributed by atoms with van der Waals surface area (Å²) in [6, 6.07) is 5.15. The van der Waals surface area contributed by atoms with Gasteiger partial charge in [-0.1, -0.05) is 16.8 Å². The molecule has 0 amide bonds. The molecule has 4 rings (SSSR count). The molecule has 0 saturated heterocycles. The third-order valence-corrected chi connectivity index (χ3v) is 6.68. The Balaban J connectivity index is 1.59. The van der Waals surface area contributed by atoms with E-state index in [1.165, 1.54) is 18.2 Å². The number of nitrogens with zero attached hydrogens (tertiary/aromatic N) is 2. The smallest absolute Gasteiger partial charge is 0.271 e. The summed E-state index contributed by atoms with van der Waals surface area (Å²) in [5, 5.41) is 5.68. The third-order valence-electron chi connectivity index (χ3n) is 3.64. The molecule has 0 bridgehead atoms. The van der Waals surface area contributed by atoms with Gasteiger partial charge in [0.2, 0.25) is 11.7 Å². The molecule has 1 N–H and O–H groups in total. The van der Waals surface area contributed by atoms with Gasteiger partial charge in [0.15, 0.2) is 0 Å². The maximum Gasteiger partial charge on any atom is 0.271 e. The summed E-state index contributed by atoms with van der Waals surface area (Å²) < 4.78 is 46.1. The second-order valence-electron chi connectivity index (χ2n) is 5.61. The van der Waals surface area contributed by atoms with E-state index < -0.39 is 15.8 Å². The van der Waals surface area contributed by atoms with Crippen molar-refractivity contribution in [1.29, 1.82) is 0 Å². The van der Waals surface area contributed by atoms with Crippen LogP contribution in [0.5, 0.6) is 0 Å². The molecule has 0 unspecified atom stereocenters. The zero-order valence-electron chi connectivity index (χ0n) is 12.6. The van der Waals surface area contributed by atoms with Gasteiger partial charge in [-0.15, -0.1) is 11.3 Å². The van der Waals surface area contributed by atoms with Crippen LogP contribution in [0.25, 0.3) is 11.4 Å². The lowest BCUT2D eigenvalue weighted by Crippen LogP contribution is -2.12. The van der Waals surface area contributed by atoms with Gasteiger partial charge in [0.1, 0.15) is 10.0 Å². The van der Waals surface area contributed by atoms with E-state index in [2.05, 4.69) is 14.9 Å². The fourth-order valence-corrected chi connectivity index (χ4v) is 4.57. The molecule has 10 heteroatoms. The van der Waals surface area contributed by atoms with E-state index in [1.54, 1.807) is 5.38 Å². The summed E-state index contributed by atoms with van der Waals surface area (Å²) in [5.74, 6) is 0.488. The molecule has 0 spiro atoms. The minimum Gasteiger partial charge on any atom is -0.339 e. The zero-order valence-corrected chi connectivity index (χ0v) is 15.0. The largest absolute Gasteiger partial charge is 0.339 e. The lowest BCUT2D eigenvalue weighted by Gasteiger charge is -2.07. The van der Waals surface area contributed by atoms with Gasteiger partial charge in [0.25, 0.3) is 10.0 Å². The fraction of sp³-hybridized carbons (Fsp3) is 0.200. The van der Waals surface area contributed by atoms with Crippen molar-refractivity contribution in [3.8, 4) is 11.4 Å². The quantitative estimate of drug-likeness (QED) is 0.692. The molecule has 1 aliphatic carbocycles. The van der Waals surface area contributed by atoms with Crippen LogP contribution in [0.1, 0.15) is 24.7 Å². The lowest BCUT2D eigenvalue weighted by atomic mass is 10.3. The van der Waals surface area contributed by atoms with Gasteiger partial charge in [-0.3, -0.25) is 4.72 Å². The predicted molar refractivity (Wildman–Crippen MR) is 91.8 cm³/mol. The van der Waals surface area contributed by atoms with Crippen LogP contribution in [0.2, 0.25) is 5.02 Å². The summed E-state index contributed by atoms with van der Waals surface area (Å²) in [6.45, 7) is 0. The van der Waals surface area contributed by atoms with Crippen LogP contribution in [0.3, 0.4) is 0 Å². The number of nitrogens with one attached hydrogen (secondary N) is 1. The van der Waals surface area contributed by atoms with Gasteiger partial charge in [-0.05, 0) is 37.1 Å². The molecule has 25 heavy (non-hydrogen) atoms. The Hall–Kier alpha value is -1.97. The number of aromatic nitrogens is 2. The van der Waals surface area contributed by atoms with Crippen LogP contribution in [-0.2, 0) is 10.0 Å². The van der Waals surface area contributed by atoms with Gasteiger partial charge in [0.05, 0.1) is 5.69 Å². The molecule has 130 valence electrons. The predicted octanol–water partition coefficient (Wildman–Crippen LogP) is 4.27. The van der Waals surface area contributed by atoms with Gasteiger partial charge in [-0.25, -0.2) is 12.8 Å². The van der Waals surface area contributed by atoms with Crippen molar-refractivity contribution in [3.63, 3.8) is 0 Å². The van der Waals surface area contributed by atoms with E-state index in [4.69, 9.17) is 16.1 Å². The number of anilines is 1. The van der Waals surface area contributed by atoms with Gasteiger partial charge >= 0.3 is 0 Å². The van der Waals surface area contributed by atoms with E-state index in [1.807, 2.05) is 0 Å². The molecular weight excluding hydrogens is 389 g/mol. The highest BCUT2D eigenvalue weighted by molar-refractivity contribution is 7.94. The zero-order chi connectivity index (χ0) is 17.6. The van der Waals surface area contributed by atoms with E-state index in [9.17, 15) is 12.8 Å². The molecule has 0 aliphatic heterocycles. The number of benzene rings is 1. The molecule has 1 fully saturated rings. The van der Waals surface area contributed by atoms with Crippen molar-refractivity contribution in [2.75, 3.05) is 4.72 Å². The topological polar surface area (TPSA) is 85.1 Å². The van der Waals surface area contributed by atoms with Crippen molar-refractivity contribution in [1.82, 2.24) is 10.1 Å². The average Bonchev–Trinajstić information content (AvgIpc) is 3.09. The SMILES string of the molecule is O=S(=O)(Nc1ccc(Cl)cc1F)c1cc(-c2noc(C3CC3)n2)cs1. The average molecular weight is 400 g/mol. The number of thiophene rings is 1. The molecule has 1 aliphatic rings. The minimum absolute atomic E-state index is 0.0228. The minimum atomic E-state index is -3.93. The highest BCUT2D eigenvalue weighted by atomic mass is 35.5. The Bertz CT molecular complexity index is 1040. The Labute approximate surface area is 151 Å². The molecule has 2 aromatic heterocycles. The summed E-state index contributed by atoms with van der Waals surface area (Å²) >= 11 is 6.66. The normalized spacial score (nSPS) is 14.6. The lowest BCUT2D eigenvalue weighted by molar-refractivity contribution is 0.380. The molecule has 3 aromatic rings. The first-order valence-electron chi connectivity index (χ1n) is 7.33. The van der Waals surface area contributed by atoms with Crippen LogP contribution in [0.15, 0.2) is 38.4 Å². The van der Waals surface area contributed by atoms with Crippen LogP contribution in [-0.4, -0.2) is 18.6 Å². The first kappa shape index (κ1) is 16.5. The number of rotatable bonds is 5. The van der Waals surface area contributed by atoms with E-state index in [0.29, 0.717) is 23.2 Å². The summed E-state index contributed by atoms with van der Waals surface area (Å²) in [5.41, 5.74) is 0.368. The van der Waals surface area contributed by atoms with Gasteiger partial charge in [0, 0.05) is 21.9 Å². The van der Waals surface area contributed by atoms with Crippen molar-refractivity contribution >= 4 is 38.6 Å². The van der Waals surface area contributed by atoms with Crippen LogP contribution < -0.4 is 4.72 Å². The summed E-state index contributed by atoms with van der Waals surface area (Å²) in [6.07, 6.45) is 2.06. The van der Waals surface area contributed by atoms with Crippen LogP contribution >= 0.6 is 22.9 Å². The van der Waals surface area contributed by atoms with Crippen molar-refractivity contribution in [2.24, 2.45) is 0 Å². The second-order valence-corrected chi connectivity index (χ2v) is 8.87. The molecule has 0 radical (unpaired) electrons. The van der Waals surface area contributed by atoms with E-state index in [-0.39, 0.29) is 14.9 Å². The second kappa shape index (κ2) is 6.08. The fourth-order valence-electron chi connectivity index (χ4n) is 2.19. The van der Waals surface area contributed by atoms with Gasteiger partial charge in [-0.2, -0.15) is 4.98 Å².